The fourth-order valence-corrected chi connectivity index (χ4v) is 2.56. The molecule has 0 bridgehead atoms. The normalized spacial score (nSPS) is 11.4. The Morgan fingerprint density at radius 1 is 1.17 bits per heavy atom. The second-order valence-corrected chi connectivity index (χ2v) is 6.18. The van der Waals surface area contributed by atoms with Crippen molar-refractivity contribution >= 4 is 26.0 Å². The first-order chi connectivity index (χ1) is 8.58. The van der Waals surface area contributed by atoms with Gasteiger partial charge in [-0.05, 0) is 36.4 Å². The lowest BCUT2D eigenvalue weighted by Crippen LogP contribution is -2.23. The van der Waals surface area contributed by atoms with Crippen LogP contribution in [-0.4, -0.2) is 18.6 Å². The summed E-state index contributed by atoms with van der Waals surface area (Å²) in [5.74, 6) is 0. The lowest BCUT2D eigenvalue weighted by Gasteiger charge is -2.05. The summed E-state index contributed by atoms with van der Waals surface area (Å²) in [6.07, 6.45) is 1.53. The predicted molar refractivity (Wildman–Crippen MR) is 70.2 cm³/mol. The fraction of sp³-hybridized carbons (Fsp3) is 0.0909. The maximum Gasteiger partial charge on any atom is 0.240 e. The molecule has 0 saturated heterocycles. The molecule has 1 heterocycles. The van der Waals surface area contributed by atoms with Gasteiger partial charge in [-0.2, -0.15) is 10.2 Å². The zero-order chi connectivity index (χ0) is 13.0. The van der Waals surface area contributed by atoms with E-state index in [0.717, 1.165) is 4.47 Å². The van der Waals surface area contributed by atoms with Crippen molar-refractivity contribution in [3.63, 3.8) is 0 Å². The maximum atomic E-state index is 11.9. The number of halogens is 1. The molecule has 7 heteroatoms. The van der Waals surface area contributed by atoms with Gasteiger partial charge in [0.15, 0.2) is 0 Å². The summed E-state index contributed by atoms with van der Waals surface area (Å²) in [5.41, 5.74) is 0.568. The molecule has 94 valence electrons. The highest BCUT2D eigenvalue weighted by Crippen LogP contribution is 2.14. The second kappa shape index (κ2) is 5.55. The van der Waals surface area contributed by atoms with Crippen LogP contribution in [0.4, 0.5) is 0 Å². The number of sulfonamides is 1. The summed E-state index contributed by atoms with van der Waals surface area (Å²) >= 11 is 3.25. The highest BCUT2D eigenvalue weighted by atomic mass is 79.9. The highest BCUT2D eigenvalue weighted by molar-refractivity contribution is 9.10. The van der Waals surface area contributed by atoms with Gasteiger partial charge in [-0.15, -0.1) is 0 Å². The average molecular weight is 328 g/mol. The van der Waals surface area contributed by atoms with Crippen LogP contribution in [-0.2, 0) is 16.6 Å². The third kappa shape index (κ3) is 3.34. The minimum Gasteiger partial charge on any atom is -0.207 e. The molecule has 2 rings (SSSR count). The zero-order valence-electron chi connectivity index (χ0n) is 9.25. The van der Waals surface area contributed by atoms with Crippen LogP contribution in [0.3, 0.4) is 0 Å². The van der Waals surface area contributed by atoms with E-state index in [2.05, 4.69) is 30.8 Å². The number of nitrogens with one attached hydrogen (secondary N) is 1. The average Bonchev–Trinajstić information content (AvgIpc) is 2.38. The topological polar surface area (TPSA) is 72.0 Å². The van der Waals surface area contributed by atoms with E-state index in [9.17, 15) is 8.42 Å². The van der Waals surface area contributed by atoms with Gasteiger partial charge in [0.2, 0.25) is 10.0 Å². The molecule has 2 aromatic rings. The van der Waals surface area contributed by atoms with E-state index >= 15 is 0 Å². The quantitative estimate of drug-likeness (QED) is 0.928. The van der Waals surface area contributed by atoms with Gasteiger partial charge in [0.25, 0.3) is 0 Å². The second-order valence-electron chi connectivity index (χ2n) is 3.49. The van der Waals surface area contributed by atoms with E-state index in [-0.39, 0.29) is 11.4 Å². The molecule has 0 fully saturated rings. The van der Waals surface area contributed by atoms with Crippen LogP contribution < -0.4 is 4.72 Å². The monoisotopic (exact) mass is 327 g/mol. The van der Waals surface area contributed by atoms with Crippen molar-refractivity contribution in [1.82, 2.24) is 14.9 Å². The Morgan fingerprint density at radius 2 is 1.89 bits per heavy atom. The summed E-state index contributed by atoms with van der Waals surface area (Å²) in [4.78, 5) is 0.217. The first kappa shape index (κ1) is 13.1. The van der Waals surface area contributed by atoms with Gasteiger partial charge in [-0.1, -0.05) is 15.9 Å². The molecule has 0 atom stereocenters. The van der Waals surface area contributed by atoms with Crippen LogP contribution in [0.1, 0.15) is 5.69 Å². The number of hydrogen-bond acceptors (Lipinski definition) is 4. The van der Waals surface area contributed by atoms with Crippen LogP contribution >= 0.6 is 15.9 Å². The molecular formula is C11H10BrN3O2S. The maximum absolute atomic E-state index is 11.9. The van der Waals surface area contributed by atoms with E-state index < -0.39 is 10.0 Å². The molecule has 0 radical (unpaired) electrons. The molecule has 0 aliphatic rings. The lowest BCUT2D eigenvalue weighted by atomic mass is 10.4. The molecule has 0 saturated carbocycles. The third-order valence-corrected chi connectivity index (χ3v) is 4.14. The molecule has 0 amide bonds. The van der Waals surface area contributed by atoms with Gasteiger partial charge in [0.05, 0.1) is 17.1 Å². The van der Waals surface area contributed by atoms with Crippen LogP contribution in [0.5, 0.6) is 0 Å². The van der Waals surface area contributed by atoms with E-state index in [4.69, 9.17) is 0 Å². The van der Waals surface area contributed by atoms with Crippen molar-refractivity contribution in [2.45, 2.75) is 11.4 Å². The van der Waals surface area contributed by atoms with Crippen LogP contribution in [0.15, 0.2) is 52.0 Å². The largest absolute Gasteiger partial charge is 0.240 e. The Morgan fingerprint density at radius 3 is 2.50 bits per heavy atom. The van der Waals surface area contributed by atoms with Crippen molar-refractivity contribution in [3.05, 3.63) is 52.8 Å². The van der Waals surface area contributed by atoms with Gasteiger partial charge >= 0.3 is 0 Å². The number of benzene rings is 1. The predicted octanol–water partition coefficient (Wildman–Crippen LogP) is 1.72. The van der Waals surface area contributed by atoms with Crippen LogP contribution in [0.2, 0.25) is 0 Å². The summed E-state index contributed by atoms with van der Waals surface area (Å²) in [6.45, 7) is 0.117. The highest BCUT2D eigenvalue weighted by Gasteiger charge is 2.13. The zero-order valence-corrected chi connectivity index (χ0v) is 11.6. The Bertz CT molecular complexity index is 614. The van der Waals surface area contributed by atoms with Gasteiger partial charge in [0.1, 0.15) is 0 Å². The summed E-state index contributed by atoms with van der Waals surface area (Å²) in [5, 5.41) is 7.48. The molecular weight excluding hydrogens is 318 g/mol. The minimum atomic E-state index is -3.51. The van der Waals surface area contributed by atoms with Crippen LogP contribution in [0.25, 0.3) is 0 Å². The molecule has 1 aromatic carbocycles. The first-order valence-corrected chi connectivity index (χ1v) is 7.37. The van der Waals surface area contributed by atoms with E-state index in [1.165, 1.54) is 18.3 Å². The van der Waals surface area contributed by atoms with Crippen molar-refractivity contribution in [3.8, 4) is 0 Å². The molecule has 0 aliphatic carbocycles. The number of nitrogens with zero attached hydrogens (tertiary/aromatic N) is 2. The van der Waals surface area contributed by atoms with Crippen molar-refractivity contribution in [1.29, 1.82) is 0 Å². The molecule has 0 aliphatic heterocycles. The molecule has 1 aromatic heterocycles. The van der Waals surface area contributed by atoms with E-state index in [1.54, 1.807) is 24.3 Å². The summed E-state index contributed by atoms with van der Waals surface area (Å²) < 4.78 is 27.2. The molecule has 18 heavy (non-hydrogen) atoms. The Balaban J connectivity index is 2.11. The number of aromatic nitrogens is 2. The molecule has 0 spiro atoms. The van der Waals surface area contributed by atoms with Gasteiger partial charge in [-0.25, -0.2) is 13.1 Å². The standard InChI is InChI=1S/C11H10BrN3O2S/c12-9-3-5-11(6-4-9)18(16,17)14-8-10-2-1-7-13-15-10/h1-7,14H,8H2. The van der Waals surface area contributed by atoms with Crippen LogP contribution in [0, 0.1) is 0 Å². The van der Waals surface area contributed by atoms with Crippen molar-refractivity contribution in [2.24, 2.45) is 0 Å². The number of rotatable bonds is 4. The SMILES string of the molecule is O=S(=O)(NCc1cccnn1)c1ccc(Br)cc1. The lowest BCUT2D eigenvalue weighted by molar-refractivity contribution is 0.580. The van der Waals surface area contributed by atoms with Gasteiger partial charge in [0, 0.05) is 10.7 Å². The molecule has 1 N–H and O–H groups in total. The van der Waals surface area contributed by atoms with E-state index in [0.29, 0.717) is 5.69 Å². The van der Waals surface area contributed by atoms with Crippen molar-refractivity contribution in [2.75, 3.05) is 0 Å². The first-order valence-electron chi connectivity index (χ1n) is 5.10. The number of hydrogen-bond donors (Lipinski definition) is 1. The Kier molecular flexibility index (Phi) is 4.05. The smallest absolute Gasteiger partial charge is 0.207 e. The fourth-order valence-electron chi connectivity index (χ4n) is 1.29. The summed E-state index contributed by atoms with van der Waals surface area (Å²) in [7, 11) is -3.51. The molecule has 0 unspecified atom stereocenters. The summed E-state index contributed by atoms with van der Waals surface area (Å²) in [6, 6.07) is 9.83. The Labute approximate surface area is 113 Å². The van der Waals surface area contributed by atoms with Crippen molar-refractivity contribution < 1.29 is 8.42 Å². The minimum absolute atomic E-state index is 0.117. The van der Waals surface area contributed by atoms with Gasteiger partial charge in [-0.3, -0.25) is 0 Å². The van der Waals surface area contributed by atoms with Gasteiger partial charge < -0.3 is 0 Å². The third-order valence-electron chi connectivity index (χ3n) is 2.19. The van der Waals surface area contributed by atoms with E-state index in [1.807, 2.05) is 0 Å². The molecule has 5 nitrogen and oxygen atoms in total. The Hall–Kier alpha value is -1.31.